The van der Waals surface area contributed by atoms with Crippen molar-refractivity contribution in [1.29, 1.82) is 0 Å². The molecule has 2 rings (SSSR count). The molecule has 0 spiro atoms. The fraction of sp³-hybridized carbons (Fsp3) is 0.250. The Morgan fingerprint density at radius 3 is 1.92 bits per heavy atom. The second-order valence-electron chi connectivity index (χ2n) is 2.75. The van der Waals surface area contributed by atoms with E-state index in [-0.39, 0.29) is 15.8 Å². The number of phenolic OH excluding ortho intramolecular Hbond substituents is 1. The van der Waals surface area contributed by atoms with E-state index in [1.807, 2.05) is 0 Å². The van der Waals surface area contributed by atoms with E-state index in [0.29, 0.717) is 5.02 Å². The first-order valence-electron chi connectivity index (χ1n) is 3.50. The molecule has 4 heteroatoms. The zero-order valence-corrected chi connectivity index (χ0v) is 8.26. The molecular weight excluding hydrogens is 218 g/mol. The highest BCUT2D eigenvalue weighted by atomic mass is 35.5. The summed E-state index contributed by atoms with van der Waals surface area (Å²) in [6.45, 7) is 0. The van der Waals surface area contributed by atoms with Gasteiger partial charge in [0.15, 0.2) is 0 Å². The van der Waals surface area contributed by atoms with Crippen molar-refractivity contribution >= 4 is 34.8 Å². The Kier molecular flexibility index (Phi) is 1.90. The van der Waals surface area contributed by atoms with Gasteiger partial charge in [-0.05, 0) is 18.4 Å². The van der Waals surface area contributed by atoms with Gasteiger partial charge >= 0.3 is 0 Å². The Morgan fingerprint density at radius 2 is 1.42 bits per heavy atom. The summed E-state index contributed by atoms with van der Waals surface area (Å²) in [5.41, 5.74) is 1.78. The van der Waals surface area contributed by atoms with Crippen molar-refractivity contribution in [2.75, 3.05) is 0 Å². The van der Waals surface area contributed by atoms with E-state index < -0.39 is 0 Å². The molecule has 0 radical (unpaired) electrons. The van der Waals surface area contributed by atoms with Crippen LogP contribution < -0.4 is 0 Å². The Bertz CT molecular complexity index is 269. The average Bonchev–Trinajstić information content (AvgIpc) is 1.97. The summed E-state index contributed by atoms with van der Waals surface area (Å²) in [5.74, 6) is 0.0901. The fourth-order valence-corrected chi connectivity index (χ4v) is 2.11. The van der Waals surface area contributed by atoms with Crippen LogP contribution in [0.1, 0.15) is 11.1 Å². The van der Waals surface area contributed by atoms with Crippen LogP contribution in [0.25, 0.3) is 0 Å². The maximum Gasteiger partial charge on any atom is 0.139 e. The summed E-state index contributed by atoms with van der Waals surface area (Å²) in [6, 6.07) is 0. The molecule has 0 saturated carbocycles. The zero-order chi connectivity index (χ0) is 8.88. The number of fused-ring (bicyclic) bond motifs is 1. The molecule has 1 aliphatic carbocycles. The Labute approximate surface area is 84.9 Å². The molecule has 0 aliphatic heterocycles. The van der Waals surface area contributed by atoms with Crippen LogP contribution in [0.2, 0.25) is 15.1 Å². The molecule has 1 N–H and O–H groups in total. The lowest BCUT2D eigenvalue weighted by Gasteiger charge is -2.23. The molecule has 1 aromatic rings. The van der Waals surface area contributed by atoms with E-state index in [2.05, 4.69) is 0 Å². The zero-order valence-electron chi connectivity index (χ0n) is 6.00. The van der Waals surface area contributed by atoms with Gasteiger partial charge in [-0.3, -0.25) is 0 Å². The third kappa shape index (κ3) is 0.936. The molecule has 0 atom stereocenters. The molecule has 0 fully saturated rings. The summed E-state index contributed by atoms with van der Waals surface area (Å²) in [4.78, 5) is 0. The van der Waals surface area contributed by atoms with E-state index in [1.54, 1.807) is 0 Å². The standard InChI is InChI=1S/C8H5Cl3O/c9-5-3-1-2-4(3)8(12)7(11)6(5)10/h12H,1-2H2. The van der Waals surface area contributed by atoms with Crippen LogP contribution in [-0.2, 0) is 12.8 Å². The van der Waals surface area contributed by atoms with E-state index in [1.165, 1.54) is 0 Å². The third-order valence-electron chi connectivity index (χ3n) is 2.13. The van der Waals surface area contributed by atoms with Gasteiger partial charge in [-0.25, -0.2) is 0 Å². The number of benzene rings is 1. The highest BCUT2D eigenvalue weighted by molar-refractivity contribution is 6.49. The first-order valence-corrected chi connectivity index (χ1v) is 4.63. The van der Waals surface area contributed by atoms with Crippen molar-refractivity contribution in [1.82, 2.24) is 0 Å². The number of hydrogen-bond donors (Lipinski definition) is 1. The molecule has 0 amide bonds. The summed E-state index contributed by atoms with van der Waals surface area (Å²) in [7, 11) is 0. The second-order valence-corrected chi connectivity index (χ2v) is 3.88. The first-order chi connectivity index (χ1) is 5.63. The molecule has 1 nitrogen and oxygen atoms in total. The number of halogens is 3. The predicted octanol–water partition coefficient (Wildman–Crippen LogP) is 3.45. The van der Waals surface area contributed by atoms with Crippen LogP contribution in [0.5, 0.6) is 5.75 Å². The SMILES string of the molecule is Oc1c(Cl)c(Cl)c(Cl)c2c1CC2. The molecule has 64 valence electrons. The van der Waals surface area contributed by atoms with Gasteiger partial charge < -0.3 is 5.11 Å². The topological polar surface area (TPSA) is 20.2 Å². The monoisotopic (exact) mass is 222 g/mol. The average molecular weight is 223 g/mol. The van der Waals surface area contributed by atoms with Gasteiger partial charge in [-0.2, -0.15) is 0 Å². The number of aromatic hydroxyl groups is 1. The van der Waals surface area contributed by atoms with Gasteiger partial charge in [0.1, 0.15) is 10.8 Å². The van der Waals surface area contributed by atoms with E-state index in [0.717, 1.165) is 24.0 Å². The lowest BCUT2D eigenvalue weighted by atomic mass is 9.88. The molecule has 0 aromatic heterocycles. The minimum atomic E-state index is 0.0901. The lowest BCUT2D eigenvalue weighted by molar-refractivity contribution is 0.462. The first kappa shape index (κ1) is 8.49. The van der Waals surface area contributed by atoms with Crippen molar-refractivity contribution in [2.45, 2.75) is 12.8 Å². The van der Waals surface area contributed by atoms with Crippen molar-refractivity contribution in [3.8, 4) is 5.75 Å². The summed E-state index contributed by atoms with van der Waals surface area (Å²) in [6.07, 6.45) is 1.70. The summed E-state index contributed by atoms with van der Waals surface area (Å²) < 4.78 is 0. The van der Waals surface area contributed by atoms with Gasteiger partial charge in [-0.1, -0.05) is 34.8 Å². The van der Waals surface area contributed by atoms with Crippen LogP contribution in [-0.4, -0.2) is 5.11 Å². The quantitative estimate of drug-likeness (QED) is 0.668. The normalized spacial score (nSPS) is 13.9. The minimum absolute atomic E-state index is 0.0901. The van der Waals surface area contributed by atoms with Gasteiger partial charge in [0.2, 0.25) is 0 Å². The van der Waals surface area contributed by atoms with Crippen LogP contribution in [0.4, 0.5) is 0 Å². The van der Waals surface area contributed by atoms with Gasteiger partial charge in [-0.15, -0.1) is 0 Å². The summed E-state index contributed by atoms with van der Waals surface area (Å²) >= 11 is 17.4. The van der Waals surface area contributed by atoms with Crippen molar-refractivity contribution in [3.05, 3.63) is 26.2 Å². The van der Waals surface area contributed by atoms with Crippen molar-refractivity contribution in [3.63, 3.8) is 0 Å². The molecule has 1 aliphatic rings. The Balaban J connectivity index is 2.78. The van der Waals surface area contributed by atoms with Crippen LogP contribution in [0, 0.1) is 0 Å². The second kappa shape index (κ2) is 2.69. The lowest BCUT2D eigenvalue weighted by Crippen LogP contribution is -2.09. The van der Waals surface area contributed by atoms with Gasteiger partial charge in [0.25, 0.3) is 0 Å². The number of hydrogen-bond acceptors (Lipinski definition) is 1. The van der Waals surface area contributed by atoms with Crippen molar-refractivity contribution in [2.24, 2.45) is 0 Å². The number of rotatable bonds is 0. The highest BCUT2D eigenvalue weighted by Gasteiger charge is 2.26. The van der Waals surface area contributed by atoms with Crippen LogP contribution in [0.3, 0.4) is 0 Å². The largest absolute Gasteiger partial charge is 0.506 e. The fourth-order valence-electron chi connectivity index (χ4n) is 1.34. The van der Waals surface area contributed by atoms with Gasteiger partial charge in [0, 0.05) is 5.56 Å². The van der Waals surface area contributed by atoms with E-state index in [9.17, 15) is 5.11 Å². The smallest absolute Gasteiger partial charge is 0.139 e. The highest BCUT2D eigenvalue weighted by Crippen LogP contribution is 2.46. The summed E-state index contributed by atoms with van der Waals surface area (Å²) in [5, 5.41) is 10.4. The van der Waals surface area contributed by atoms with E-state index >= 15 is 0 Å². The third-order valence-corrected chi connectivity index (χ3v) is 3.49. The molecule has 1 aromatic carbocycles. The maximum atomic E-state index is 9.47. The van der Waals surface area contributed by atoms with Crippen LogP contribution >= 0.6 is 34.8 Å². The molecule has 0 heterocycles. The minimum Gasteiger partial charge on any atom is -0.506 e. The van der Waals surface area contributed by atoms with Crippen LogP contribution in [0.15, 0.2) is 0 Å². The predicted molar refractivity (Wildman–Crippen MR) is 50.5 cm³/mol. The molecule has 0 bridgehead atoms. The van der Waals surface area contributed by atoms with Crippen molar-refractivity contribution < 1.29 is 5.11 Å². The molecule has 12 heavy (non-hydrogen) atoms. The van der Waals surface area contributed by atoms with E-state index in [4.69, 9.17) is 34.8 Å². The maximum absolute atomic E-state index is 9.47. The Morgan fingerprint density at radius 1 is 0.833 bits per heavy atom. The molecule has 0 saturated heterocycles. The molecule has 0 unspecified atom stereocenters. The Hall–Kier alpha value is -0.110. The van der Waals surface area contributed by atoms with Gasteiger partial charge in [0.05, 0.1) is 10.0 Å². The molecular formula is C8H5Cl3O. The number of phenols is 1.